The first kappa shape index (κ1) is 29.2. The van der Waals surface area contributed by atoms with Crippen molar-refractivity contribution in [2.45, 2.75) is 76.3 Å². The fraction of sp³-hybridized carbons (Fsp3) is 0.483. The van der Waals surface area contributed by atoms with Gasteiger partial charge in [0.1, 0.15) is 33.5 Å². The maximum atomic E-state index is 14.6. The highest BCUT2D eigenvalue weighted by atomic mass is 32.1. The Hall–Kier alpha value is -3.88. The predicted octanol–water partition coefficient (Wildman–Crippen LogP) is 2.77. The molecule has 1 aliphatic carbocycles. The number of halogens is 1. The van der Waals surface area contributed by atoms with Crippen LogP contribution in [-0.4, -0.2) is 61.0 Å². The highest BCUT2D eigenvalue weighted by molar-refractivity contribution is 7.21. The van der Waals surface area contributed by atoms with E-state index in [0.717, 1.165) is 4.57 Å². The van der Waals surface area contributed by atoms with Crippen molar-refractivity contribution in [1.82, 2.24) is 29.4 Å². The van der Waals surface area contributed by atoms with E-state index in [1.807, 2.05) is 0 Å². The lowest BCUT2D eigenvalue weighted by Gasteiger charge is -2.31. The maximum Gasteiger partial charge on any atom is 0.332 e. The highest BCUT2D eigenvalue weighted by Crippen LogP contribution is 2.36. The molecule has 0 spiro atoms. The molecule has 3 aromatic heterocycles. The summed E-state index contributed by atoms with van der Waals surface area (Å²) in [5.74, 6) is -0.502. The zero-order valence-corrected chi connectivity index (χ0v) is 24.7. The van der Waals surface area contributed by atoms with Gasteiger partial charge in [-0.25, -0.2) is 13.8 Å². The summed E-state index contributed by atoms with van der Waals surface area (Å²) in [4.78, 5) is 43.0. The number of nitrogens with one attached hydrogen (secondary N) is 1. The van der Waals surface area contributed by atoms with Crippen molar-refractivity contribution in [3.63, 3.8) is 0 Å². The van der Waals surface area contributed by atoms with Crippen LogP contribution in [0.2, 0.25) is 0 Å². The third-order valence-corrected chi connectivity index (χ3v) is 9.55. The topological polar surface area (TPSA) is 142 Å². The standard InChI is InChI=1S/C29H33FN6O6S/c1-16-24-26(39)35(21-4-3-11-31-25(21)38)29(40)34(28(24)43-27(16)36-32-12-13-33-36)15-23(42-19-8-6-18(37)7-9-19)20-14-17(30)5-10-22(20)41-2/h5,10,12-14,18-19,21,23,37H,3-4,6-9,11,15H2,1-2H3,(H,31,38)/t18?,19?,21-,23?/m0/s1. The molecule has 1 saturated heterocycles. The van der Waals surface area contributed by atoms with Gasteiger partial charge in [0.2, 0.25) is 5.91 Å². The Balaban J connectivity index is 1.55. The normalized spacial score (nSPS) is 21.6. The second-order valence-electron chi connectivity index (χ2n) is 11.0. The Labute approximate surface area is 249 Å². The Morgan fingerprint density at radius 3 is 2.58 bits per heavy atom. The molecule has 1 unspecified atom stereocenters. The summed E-state index contributed by atoms with van der Waals surface area (Å²) in [6, 6.07) is 3.15. The Morgan fingerprint density at radius 1 is 1.14 bits per heavy atom. The largest absolute Gasteiger partial charge is 0.496 e. The van der Waals surface area contributed by atoms with E-state index in [-0.39, 0.29) is 18.0 Å². The van der Waals surface area contributed by atoms with Crippen molar-refractivity contribution < 1.29 is 23.8 Å². The minimum atomic E-state index is -0.974. The van der Waals surface area contributed by atoms with Crippen LogP contribution in [0.4, 0.5) is 4.39 Å². The number of aromatic nitrogens is 5. The number of amides is 1. The molecule has 4 heterocycles. The first-order chi connectivity index (χ1) is 20.8. The van der Waals surface area contributed by atoms with Gasteiger partial charge in [-0.2, -0.15) is 10.2 Å². The van der Waals surface area contributed by atoms with E-state index in [1.54, 1.807) is 6.92 Å². The van der Waals surface area contributed by atoms with Gasteiger partial charge >= 0.3 is 5.69 Å². The summed E-state index contributed by atoms with van der Waals surface area (Å²) in [6.45, 7) is 2.14. The Bertz CT molecular complexity index is 1760. The minimum absolute atomic E-state index is 0.0885. The molecule has 1 aromatic carbocycles. The quantitative estimate of drug-likeness (QED) is 0.309. The van der Waals surface area contributed by atoms with E-state index in [0.29, 0.717) is 71.8 Å². The summed E-state index contributed by atoms with van der Waals surface area (Å²) in [6.07, 6.45) is 4.79. The van der Waals surface area contributed by atoms with E-state index < -0.39 is 41.2 Å². The third kappa shape index (κ3) is 5.50. The third-order valence-electron chi connectivity index (χ3n) is 8.27. The van der Waals surface area contributed by atoms with Gasteiger partial charge in [-0.05, 0) is 63.6 Å². The van der Waals surface area contributed by atoms with Crippen LogP contribution in [0.25, 0.3) is 15.2 Å². The van der Waals surface area contributed by atoms with Crippen LogP contribution < -0.4 is 21.3 Å². The van der Waals surface area contributed by atoms with Crippen molar-refractivity contribution in [2.75, 3.05) is 13.7 Å². The molecule has 1 saturated carbocycles. The van der Waals surface area contributed by atoms with Crippen LogP contribution in [0.15, 0.2) is 40.2 Å². The number of hydrogen-bond donors (Lipinski definition) is 2. The lowest BCUT2D eigenvalue weighted by atomic mass is 9.94. The molecular weight excluding hydrogens is 579 g/mol. The fourth-order valence-corrected chi connectivity index (χ4v) is 7.27. The SMILES string of the molecule is COc1ccc(F)cc1C(Cn1c(=O)n([C@H]2CCCNC2=O)c(=O)c2c(C)c(-n3nccn3)sc21)OC1CCC(O)CC1. The van der Waals surface area contributed by atoms with Gasteiger partial charge in [-0.3, -0.25) is 14.2 Å². The van der Waals surface area contributed by atoms with Crippen molar-refractivity contribution in [2.24, 2.45) is 0 Å². The van der Waals surface area contributed by atoms with Crippen LogP contribution in [0, 0.1) is 12.7 Å². The number of aliphatic hydroxyl groups is 1. The number of aryl methyl sites for hydroxylation is 1. The van der Waals surface area contributed by atoms with Crippen molar-refractivity contribution in [1.29, 1.82) is 0 Å². The summed E-state index contributed by atoms with van der Waals surface area (Å²) < 4.78 is 29.3. The average Bonchev–Trinajstić information content (AvgIpc) is 3.65. The van der Waals surface area contributed by atoms with Crippen LogP contribution in [-0.2, 0) is 16.1 Å². The van der Waals surface area contributed by atoms with Gasteiger partial charge in [0.05, 0.1) is 43.6 Å². The second kappa shape index (κ2) is 12.0. The first-order valence-corrected chi connectivity index (χ1v) is 15.2. The smallest absolute Gasteiger partial charge is 0.332 e. The Kier molecular flexibility index (Phi) is 8.16. The zero-order chi connectivity index (χ0) is 30.2. The van der Waals surface area contributed by atoms with E-state index in [9.17, 15) is 23.9 Å². The molecular formula is C29H33FN6O6S. The molecule has 2 N–H and O–H groups in total. The molecule has 43 heavy (non-hydrogen) atoms. The minimum Gasteiger partial charge on any atom is -0.496 e. The predicted molar refractivity (Wildman–Crippen MR) is 156 cm³/mol. The van der Waals surface area contributed by atoms with Crippen LogP contribution in [0.3, 0.4) is 0 Å². The maximum absolute atomic E-state index is 14.6. The molecule has 2 atom stereocenters. The van der Waals surface area contributed by atoms with E-state index >= 15 is 0 Å². The van der Waals surface area contributed by atoms with Gasteiger partial charge in [-0.15, -0.1) is 4.80 Å². The summed E-state index contributed by atoms with van der Waals surface area (Å²) in [7, 11) is 1.48. The first-order valence-electron chi connectivity index (χ1n) is 14.4. The number of rotatable bonds is 8. The number of thiophene rings is 1. The number of carbonyl (C=O) groups is 1. The number of ether oxygens (including phenoxy) is 2. The molecule has 0 radical (unpaired) electrons. The van der Waals surface area contributed by atoms with Crippen LogP contribution >= 0.6 is 11.3 Å². The molecule has 6 rings (SSSR count). The van der Waals surface area contributed by atoms with Crippen molar-refractivity contribution in [3.05, 3.63) is 68.4 Å². The van der Waals surface area contributed by atoms with Gasteiger partial charge in [0.15, 0.2) is 0 Å². The summed E-state index contributed by atoms with van der Waals surface area (Å²) in [5, 5.41) is 22.1. The number of hydrogen-bond acceptors (Lipinski definition) is 9. The molecule has 0 bridgehead atoms. The number of benzene rings is 1. The van der Waals surface area contributed by atoms with Crippen molar-refractivity contribution >= 4 is 27.5 Å². The molecule has 12 nitrogen and oxygen atoms in total. The molecule has 2 aliphatic rings. The molecule has 4 aromatic rings. The van der Waals surface area contributed by atoms with Gasteiger partial charge in [0.25, 0.3) is 5.56 Å². The highest BCUT2D eigenvalue weighted by Gasteiger charge is 2.33. The lowest BCUT2D eigenvalue weighted by Crippen LogP contribution is -2.49. The molecule has 1 aliphatic heterocycles. The fourth-order valence-electron chi connectivity index (χ4n) is 6.05. The number of carbonyl (C=O) groups excluding carboxylic acids is 1. The van der Waals surface area contributed by atoms with Gasteiger partial charge < -0.3 is 19.9 Å². The summed E-state index contributed by atoms with van der Waals surface area (Å²) in [5.41, 5.74) is -0.248. The molecule has 1 amide bonds. The molecule has 228 valence electrons. The van der Waals surface area contributed by atoms with Gasteiger partial charge in [-0.1, -0.05) is 11.3 Å². The number of aliphatic hydroxyl groups excluding tert-OH is 1. The van der Waals surface area contributed by atoms with Crippen LogP contribution in [0.1, 0.15) is 61.8 Å². The van der Waals surface area contributed by atoms with Gasteiger partial charge in [0, 0.05) is 17.7 Å². The average molecular weight is 613 g/mol. The van der Waals surface area contributed by atoms with Crippen molar-refractivity contribution in [3.8, 4) is 10.8 Å². The second-order valence-corrected chi connectivity index (χ2v) is 12.0. The number of piperidine rings is 1. The lowest BCUT2D eigenvalue weighted by molar-refractivity contribution is -0.126. The van der Waals surface area contributed by atoms with E-state index in [1.165, 1.54) is 58.4 Å². The Morgan fingerprint density at radius 2 is 1.88 bits per heavy atom. The van der Waals surface area contributed by atoms with Crippen LogP contribution in [0.5, 0.6) is 5.75 Å². The number of methoxy groups -OCH3 is 1. The summed E-state index contributed by atoms with van der Waals surface area (Å²) >= 11 is 1.18. The molecule has 14 heteroatoms. The number of nitrogens with zero attached hydrogens (tertiary/aromatic N) is 5. The van der Waals surface area contributed by atoms with E-state index in [4.69, 9.17) is 9.47 Å². The molecule has 2 fully saturated rings. The zero-order valence-electron chi connectivity index (χ0n) is 23.9. The van der Waals surface area contributed by atoms with E-state index in [2.05, 4.69) is 15.5 Å². The monoisotopic (exact) mass is 612 g/mol. The number of fused-ring (bicyclic) bond motifs is 1.